The first-order valence-electron chi connectivity index (χ1n) is 5.97. The van der Waals surface area contributed by atoms with Gasteiger partial charge >= 0.3 is 11.9 Å². The number of rotatable bonds is 5. The van der Waals surface area contributed by atoms with Crippen molar-refractivity contribution < 1.29 is 19.1 Å². The predicted octanol–water partition coefficient (Wildman–Crippen LogP) is 2.31. The summed E-state index contributed by atoms with van der Waals surface area (Å²) in [5.74, 6) is 4.43. The second-order valence-corrected chi connectivity index (χ2v) is 5.17. The van der Waals surface area contributed by atoms with Crippen LogP contribution in [0, 0.1) is 17.3 Å². The highest BCUT2D eigenvalue weighted by Crippen LogP contribution is 2.21. The summed E-state index contributed by atoms with van der Waals surface area (Å²) in [6.07, 6.45) is 0.647. The first-order chi connectivity index (χ1) is 8.14. The van der Waals surface area contributed by atoms with Crippen LogP contribution >= 0.6 is 0 Å². The molecule has 0 aromatic heterocycles. The fraction of sp³-hybridized carbons (Fsp3) is 0.714. The Labute approximate surface area is 109 Å². The van der Waals surface area contributed by atoms with Crippen LogP contribution in [0.1, 0.15) is 48.0 Å². The summed E-state index contributed by atoms with van der Waals surface area (Å²) in [6, 6.07) is 0. The van der Waals surface area contributed by atoms with E-state index < -0.39 is 23.0 Å². The number of carbonyl (C=O) groups is 2. The first-order valence-corrected chi connectivity index (χ1v) is 5.97. The molecule has 0 atom stereocenters. The lowest BCUT2D eigenvalue weighted by Gasteiger charge is -2.21. The molecular formula is C14H22O4. The summed E-state index contributed by atoms with van der Waals surface area (Å²) in [5.41, 5.74) is -1.45. The molecule has 4 heteroatoms. The molecule has 0 aliphatic rings. The Balaban J connectivity index is 4.28. The quantitative estimate of drug-likeness (QED) is 0.558. The van der Waals surface area contributed by atoms with Gasteiger partial charge in [0.2, 0.25) is 0 Å². The third-order valence-electron chi connectivity index (χ3n) is 2.55. The average Bonchev–Trinajstić information content (AvgIpc) is 2.24. The number of hydrogen-bond acceptors (Lipinski definition) is 4. The van der Waals surface area contributed by atoms with Gasteiger partial charge in [0.1, 0.15) is 0 Å². The maximum Gasteiger partial charge on any atom is 0.345 e. The molecule has 0 bridgehead atoms. The Bertz CT molecular complexity index is 369. The van der Waals surface area contributed by atoms with Crippen LogP contribution in [-0.4, -0.2) is 24.1 Å². The van der Waals surface area contributed by atoms with Gasteiger partial charge < -0.3 is 9.47 Å². The maximum absolute atomic E-state index is 11.6. The van der Waals surface area contributed by atoms with E-state index in [9.17, 15) is 9.59 Å². The molecule has 0 aromatic carbocycles. The minimum atomic E-state index is -0.863. The summed E-state index contributed by atoms with van der Waals surface area (Å²) in [6.45, 7) is 10.1. The van der Waals surface area contributed by atoms with E-state index in [2.05, 4.69) is 11.8 Å². The highest BCUT2D eigenvalue weighted by Gasteiger charge is 2.28. The predicted molar refractivity (Wildman–Crippen MR) is 68.7 cm³/mol. The smallest absolute Gasteiger partial charge is 0.345 e. The van der Waals surface area contributed by atoms with E-state index in [0.717, 1.165) is 0 Å². The van der Waals surface area contributed by atoms with E-state index >= 15 is 0 Å². The van der Waals surface area contributed by atoms with Gasteiger partial charge in [0.05, 0.1) is 5.41 Å². The van der Waals surface area contributed by atoms with Gasteiger partial charge in [-0.05, 0) is 41.0 Å². The monoisotopic (exact) mass is 254 g/mol. The van der Waals surface area contributed by atoms with Crippen LogP contribution in [0.5, 0.6) is 0 Å². The van der Waals surface area contributed by atoms with E-state index in [1.807, 2.05) is 6.92 Å². The largest absolute Gasteiger partial charge is 0.453 e. The van der Waals surface area contributed by atoms with Crippen LogP contribution in [0.2, 0.25) is 0 Å². The van der Waals surface area contributed by atoms with Gasteiger partial charge in [-0.1, -0.05) is 12.8 Å². The average molecular weight is 254 g/mol. The van der Waals surface area contributed by atoms with Crippen molar-refractivity contribution >= 4 is 11.9 Å². The molecule has 4 nitrogen and oxygen atoms in total. The Hall–Kier alpha value is -1.50. The maximum atomic E-state index is 11.6. The topological polar surface area (TPSA) is 52.6 Å². The van der Waals surface area contributed by atoms with E-state index in [-0.39, 0.29) is 6.61 Å². The molecule has 0 fully saturated rings. The van der Waals surface area contributed by atoms with Crippen molar-refractivity contribution in [1.82, 2.24) is 0 Å². The third kappa shape index (κ3) is 5.72. The van der Waals surface area contributed by atoms with Crippen molar-refractivity contribution in [2.75, 3.05) is 6.61 Å². The fourth-order valence-corrected chi connectivity index (χ4v) is 1.10. The normalized spacial score (nSPS) is 11.2. The molecule has 0 aliphatic heterocycles. The Morgan fingerprint density at radius 3 is 2.17 bits per heavy atom. The minimum absolute atomic E-state index is 0.378. The van der Waals surface area contributed by atoms with E-state index in [1.54, 1.807) is 34.6 Å². The molecule has 0 saturated carbocycles. The molecule has 0 aromatic rings. The number of esters is 2. The minimum Gasteiger partial charge on any atom is -0.453 e. The van der Waals surface area contributed by atoms with Gasteiger partial charge in [-0.2, -0.15) is 0 Å². The number of carbonyl (C=O) groups excluding carboxylic acids is 2. The van der Waals surface area contributed by atoms with Crippen molar-refractivity contribution in [3.63, 3.8) is 0 Å². The molecule has 0 N–H and O–H groups in total. The van der Waals surface area contributed by atoms with Crippen molar-refractivity contribution in [2.24, 2.45) is 5.41 Å². The van der Waals surface area contributed by atoms with E-state index in [0.29, 0.717) is 6.42 Å². The second-order valence-electron chi connectivity index (χ2n) is 5.17. The summed E-state index contributed by atoms with van der Waals surface area (Å²) in [7, 11) is 0. The SMILES string of the molecule is CC#CC(C)(C)OC(=O)COC(=O)C(C)(C)CC. The van der Waals surface area contributed by atoms with Crippen LogP contribution in [0.3, 0.4) is 0 Å². The van der Waals surface area contributed by atoms with Gasteiger partial charge in [-0.25, -0.2) is 4.79 Å². The zero-order chi connectivity index (χ0) is 14.4. The van der Waals surface area contributed by atoms with Gasteiger partial charge in [0.25, 0.3) is 0 Å². The summed E-state index contributed by atoms with van der Waals surface area (Å²) in [4.78, 5) is 23.1. The van der Waals surface area contributed by atoms with Crippen molar-refractivity contribution in [1.29, 1.82) is 0 Å². The van der Waals surface area contributed by atoms with Crippen LogP contribution in [0.4, 0.5) is 0 Å². The Morgan fingerprint density at radius 1 is 1.17 bits per heavy atom. The molecule has 0 amide bonds. The van der Waals surface area contributed by atoms with Crippen LogP contribution in [0.15, 0.2) is 0 Å². The van der Waals surface area contributed by atoms with Gasteiger partial charge in [0, 0.05) is 0 Å². The molecular weight excluding hydrogens is 232 g/mol. The number of hydrogen-bond donors (Lipinski definition) is 0. The highest BCUT2D eigenvalue weighted by atomic mass is 16.6. The van der Waals surface area contributed by atoms with Gasteiger partial charge in [0.15, 0.2) is 12.2 Å². The van der Waals surface area contributed by atoms with Crippen LogP contribution in [-0.2, 0) is 19.1 Å². The molecule has 0 rings (SSSR count). The molecule has 0 saturated heterocycles. The third-order valence-corrected chi connectivity index (χ3v) is 2.55. The molecule has 0 unspecified atom stereocenters. The lowest BCUT2D eigenvalue weighted by Crippen LogP contribution is -2.32. The van der Waals surface area contributed by atoms with Crippen LogP contribution in [0.25, 0.3) is 0 Å². The lowest BCUT2D eigenvalue weighted by molar-refractivity contribution is -0.168. The summed E-state index contributed by atoms with van der Waals surface area (Å²) >= 11 is 0. The summed E-state index contributed by atoms with van der Waals surface area (Å²) < 4.78 is 10.0. The second kappa shape index (κ2) is 6.44. The molecule has 0 aliphatic carbocycles. The van der Waals surface area contributed by atoms with E-state index in [1.165, 1.54) is 0 Å². The molecule has 102 valence electrons. The molecule has 18 heavy (non-hydrogen) atoms. The van der Waals surface area contributed by atoms with Crippen molar-refractivity contribution in [2.45, 2.75) is 53.6 Å². The summed E-state index contributed by atoms with van der Waals surface area (Å²) in [5, 5.41) is 0. The van der Waals surface area contributed by atoms with Gasteiger partial charge in [-0.3, -0.25) is 4.79 Å². The Kier molecular flexibility index (Phi) is 5.90. The zero-order valence-electron chi connectivity index (χ0n) is 12.0. The Morgan fingerprint density at radius 2 is 1.72 bits per heavy atom. The molecule has 0 radical (unpaired) electrons. The molecule has 0 heterocycles. The highest BCUT2D eigenvalue weighted by molar-refractivity contribution is 5.80. The lowest BCUT2D eigenvalue weighted by atomic mass is 9.91. The first kappa shape index (κ1) is 16.5. The van der Waals surface area contributed by atoms with Crippen LogP contribution < -0.4 is 0 Å². The van der Waals surface area contributed by atoms with Crippen molar-refractivity contribution in [3.05, 3.63) is 0 Å². The molecule has 0 spiro atoms. The zero-order valence-corrected chi connectivity index (χ0v) is 12.0. The fourth-order valence-electron chi connectivity index (χ4n) is 1.10. The van der Waals surface area contributed by atoms with Gasteiger partial charge in [-0.15, -0.1) is 5.92 Å². The van der Waals surface area contributed by atoms with E-state index in [4.69, 9.17) is 9.47 Å². The standard InChI is InChI=1S/C14H22O4/c1-7-9-14(5,6)18-11(15)10-17-12(16)13(3,4)8-2/h8,10H2,1-6H3. The van der Waals surface area contributed by atoms with Crippen molar-refractivity contribution in [3.8, 4) is 11.8 Å². The number of ether oxygens (including phenoxy) is 2.